The van der Waals surface area contributed by atoms with E-state index in [2.05, 4.69) is 15.1 Å². The molecule has 0 saturated carbocycles. The first kappa shape index (κ1) is 12.8. The quantitative estimate of drug-likeness (QED) is 0.512. The molecule has 0 aliphatic carbocycles. The number of nitrogens with zero attached hydrogens (tertiary/aromatic N) is 3. The Hall–Kier alpha value is -1.60. The molecule has 0 atom stereocenters. The zero-order valence-electron chi connectivity index (χ0n) is 9.38. The summed E-state index contributed by atoms with van der Waals surface area (Å²) >= 11 is 7.09. The van der Waals surface area contributed by atoms with Gasteiger partial charge in [-0.2, -0.15) is 4.98 Å². The highest BCUT2D eigenvalue weighted by molar-refractivity contribution is 7.98. The smallest absolute Gasteiger partial charge is 0.265 e. The topological polar surface area (TPSA) is 80.6 Å². The molecule has 94 valence electrons. The van der Waals surface area contributed by atoms with Crippen LogP contribution in [0.3, 0.4) is 0 Å². The lowest BCUT2D eigenvalue weighted by Gasteiger charge is -2.05. The molecule has 0 amide bonds. The van der Waals surface area contributed by atoms with Gasteiger partial charge in [0.25, 0.3) is 0 Å². The van der Waals surface area contributed by atoms with Crippen LogP contribution in [0.15, 0.2) is 33.1 Å². The lowest BCUT2D eigenvalue weighted by molar-refractivity contribution is 0.596. The Bertz CT molecular complexity index is 682. The molecule has 0 saturated heterocycles. The summed E-state index contributed by atoms with van der Waals surface area (Å²) in [7, 11) is 1.62. The maximum absolute atomic E-state index is 11.1. The van der Waals surface area contributed by atoms with E-state index in [1.165, 1.54) is 16.4 Å². The fourth-order valence-electron chi connectivity index (χ4n) is 1.27. The Kier molecular flexibility index (Phi) is 3.83. The van der Waals surface area contributed by atoms with Crippen LogP contribution >= 0.6 is 23.4 Å². The molecule has 0 aromatic carbocycles. The average Bonchev–Trinajstić information content (AvgIpc) is 2.32. The molecular weight excluding hydrogens is 276 g/mol. The van der Waals surface area contributed by atoms with Crippen molar-refractivity contribution in [3.63, 3.8) is 0 Å². The summed E-state index contributed by atoms with van der Waals surface area (Å²) < 4.78 is 1.41. The second-order valence-electron chi connectivity index (χ2n) is 3.47. The van der Waals surface area contributed by atoms with Crippen molar-refractivity contribution in [2.24, 2.45) is 7.05 Å². The van der Waals surface area contributed by atoms with E-state index >= 15 is 0 Å². The van der Waals surface area contributed by atoms with Gasteiger partial charge in [-0.05, 0) is 17.7 Å². The fourth-order valence-corrected chi connectivity index (χ4v) is 2.33. The molecule has 2 aromatic heterocycles. The number of aromatic amines is 1. The molecule has 0 aliphatic heterocycles. The van der Waals surface area contributed by atoms with E-state index < -0.39 is 11.1 Å². The van der Waals surface area contributed by atoms with Gasteiger partial charge in [0.1, 0.15) is 5.15 Å². The van der Waals surface area contributed by atoms with Gasteiger partial charge < -0.3 is 0 Å². The van der Waals surface area contributed by atoms with E-state index in [0.717, 1.165) is 5.56 Å². The molecule has 6 nitrogen and oxygen atoms in total. The van der Waals surface area contributed by atoms with Gasteiger partial charge in [0.05, 0.1) is 0 Å². The summed E-state index contributed by atoms with van der Waals surface area (Å²) in [6.07, 6.45) is 1.61. The second-order valence-corrected chi connectivity index (χ2v) is 4.80. The van der Waals surface area contributed by atoms with Crippen molar-refractivity contribution in [2.75, 3.05) is 0 Å². The van der Waals surface area contributed by atoms with Crippen molar-refractivity contribution in [2.45, 2.75) is 10.9 Å². The first-order valence-corrected chi connectivity index (χ1v) is 6.33. The van der Waals surface area contributed by atoms with E-state index in [0.29, 0.717) is 16.1 Å². The second kappa shape index (κ2) is 5.36. The number of aryl methyl sites for hydroxylation is 1. The minimum Gasteiger partial charge on any atom is -0.265 e. The number of hydrogen-bond donors (Lipinski definition) is 1. The third-order valence-electron chi connectivity index (χ3n) is 2.11. The Labute approximate surface area is 111 Å². The molecule has 2 aromatic rings. The normalized spacial score (nSPS) is 10.6. The number of pyridine rings is 1. The Balaban J connectivity index is 2.18. The summed E-state index contributed by atoms with van der Waals surface area (Å²) in [5, 5.41) is 3.23. The molecular formula is C10H9ClN4O2S. The monoisotopic (exact) mass is 284 g/mol. The standard InChI is InChI=1S/C10H9ClN4O2S/c1-15-10(13-8(16)9(17)14-15)18-5-6-2-3-12-7(11)4-6/h2-4H,5H2,1H3,(H,14,17). The van der Waals surface area contributed by atoms with Crippen LogP contribution in [0, 0.1) is 0 Å². The summed E-state index contributed by atoms with van der Waals surface area (Å²) in [5.41, 5.74) is -0.558. The molecule has 0 radical (unpaired) electrons. The molecule has 0 unspecified atom stereocenters. The van der Waals surface area contributed by atoms with Crippen LogP contribution in [0.1, 0.15) is 5.56 Å². The molecule has 2 rings (SSSR count). The number of halogens is 1. The van der Waals surface area contributed by atoms with Crippen LogP contribution in [0.2, 0.25) is 5.15 Å². The van der Waals surface area contributed by atoms with E-state index in [9.17, 15) is 9.59 Å². The van der Waals surface area contributed by atoms with Crippen LogP contribution < -0.4 is 11.1 Å². The largest absolute Gasteiger partial charge is 0.339 e. The zero-order chi connectivity index (χ0) is 13.1. The minimum absolute atomic E-state index is 0.413. The summed E-state index contributed by atoms with van der Waals surface area (Å²) in [5.74, 6) is 0.578. The number of nitrogens with one attached hydrogen (secondary N) is 1. The number of hydrogen-bond acceptors (Lipinski definition) is 5. The third kappa shape index (κ3) is 2.99. The first-order chi connectivity index (χ1) is 8.56. The molecule has 1 N–H and O–H groups in total. The van der Waals surface area contributed by atoms with Gasteiger partial charge in [0, 0.05) is 19.0 Å². The maximum atomic E-state index is 11.1. The fraction of sp³-hybridized carbons (Fsp3) is 0.200. The molecule has 0 aliphatic rings. The maximum Gasteiger partial charge on any atom is 0.339 e. The Morgan fingerprint density at radius 3 is 3.00 bits per heavy atom. The van der Waals surface area contributed by atoms with Crippen molar-refractivity contribution in [1.29, 1.82) is 0 Å². The molecule has 8 heteroatoms. The Morgan fingerprint density at radius 2 is 2.28 bits per heavy atom. The van der Waals surface area contributed by atoms with Gasteiger partial charge >= 0.3 is 11.1 Å². The lowest BCUT2D eigenvalue weighted by Crippen LogP contribution is -2.33. The van der Waals surface area contributed by atoms with Crippen molar-refractivity contribution >= 4 is 23.4 Å². The van der Waals surface area contributed by atoms with E-state index in [4.69, 9.17) is 11.6 Å². The zero-order valence-corrected chi connectivity index (χ0v) is 11.0. The molecule has 0 bridgehead atoms. The van der Waals surface area contributed by atoms with E-state index in [1.54, 1.807) is 19.3 Å². The first-order valence-electron chi connectivity index (χ1n) is 4.97. The minimum atomic E-state index is -0.789. The van der Waals surface area contributed by atoms with E-state index in [1.807, 2.05) is 6.07 Å². The summed E-state index contributed by atoms with van der Waals surface area (Å²) in [6, 6.07) is 3.56. The van der Waals surface area contributed by atoms with Gasteiger partial charge in [-0.1, -0.05) is 23.4 Å². The van der Waals surface area contributed by atoms with Crippen molar-refractivity contribution in [3.8, 4) is 0 Å². The number of rotatable bonds is 3. The van der Waals surface area contributed by atoms with Gasteiger partial charge in [0.2, 0.25) is 0 Å². The van der Waals surface area contributed by atoms with Gasteiger partial charge in [-0.15, -0.1) is 0 Å². The van der Waals surface area contributed by atoms with Gasteiger partial charge in [0.15, 0.2) is 5.16 Å². The highest BCUT2D eigenvalue weighted by atomic mass is 35.5. The number of aromatic nitrogens is 4. The highest BCUT2D eigenvalue weighted by Gasteiger charge is 2.05. The van der Waals surface area contributed by atoms with Crippen LogP contribution in [-0.2, 0) is 12.8 Å². The lowest BCUT2D eigenvalue weighted by atomic mass is 10.3. The summed E-state index contributed by atoms with van der Waals surface area (Å²) in [4.78, 5) is 29.7. The van der Waals surface area contributed by atoms with Crippen molar-refractivity contribution in [1.82, 2.24) is 19.7 Å². The number of H-pyrrole nitrogens is 1. The van der Waals surface area contributed by atoms with Crippen LogP contribution in [0.5, 0.6) is 0 Å². The molecule has 2 heterocycles. The van der Waals surface area contributed by atoms with Crippen molar-refractivity contribution < 1.29 is 0 Å². The van der Waals surface area contributed by atoms with Crippen LogP contribution in [0.4, 0.5) is 0 Å². The Morgan fingerprint density at radius 1 is 1.50 bits per heavy atom. The highest BCUT2D eigenvalue weighted by Crippen LogP contribution is 2.19. The third-order valence-corrected chi connectivity index (χ3v) is 3.41. The van der Waals surface area contributed by atoms with Gasteiger partial charge in [-0.3, -0.25) is 19.4 Å². The number of thioether (sulfide) groups is 1. The van der Waals surface area contributed by atoms with Crippen LogP contribution in [-0.4, -0.2) is 19.7 Å². The molecule has 0 fully saturated rings. The van der Waals surface area contributed by atoms with Gasteiger partial charge in [-0.25, -0.2) is 4.98 Å². The van der Waals surface area contributed by atoms with Crippen LogP contribution in [0.25, 0.3) is 0 Å². The molecule has 18 heavy (non-hydrogen) atoms. The summed E-state index contributed by atoms with van der Waals surface area (Å²) in [6.45, 7) is 0. The SMILES string of the molecule is Cn1[nH]c(=O)c(=O)nc1SCc1ccnc(Cl)c1. The average molecular weight is 285 g/mol. The predicted molar refractivity (Wildman–Crippen MR) is 68.9 cm³/mol. The van der Waals surface area contributed by atoms with Crippen molar-refractivity contribution in [3.05, 3.63) is 49.8 Å². The van der Waals surface area contributed by atoms with E-state index in [-0.39, 0.29) is 0 Å². The predicted octanol–water partition coefficient (Wildman–Crippen LogP) is 0.809. The molecule has 0 spiro atoms.